The van der Waals surface area contributed by atoms with Gasteiger partial charge in [-0.2, -0.15) is 5.06 Å². The molecule has 3 heteroatoms. The summed E-state index contributed by atoms with van der Waals surface area (Å²) in [5.74, 6) is 2.50. The van der Waals surface area contributed by atoms with Gasteiger partial charge in [0.15, 0.2) is 0 Å². The molecule has 0 amide bonds. The molecule has 0 aromatic carbocycles. The van der Waals surface area contributed by atoms with Crippen LogP contribution in [0.15, 0.2) is 0 Å². The molecular weight excluding hydrogens is 176 g/mol. The van der Waals surface area contributed by atoms with Crippen LogP contribution in [-0.4, -0.2) is 36.3 Å². The Kier molecular flexibility index (Phi) is 3.94. The maximum Gasteiger partial charge on any atom is 0.129 e. The smallest absolute Gasteiger partial charge is 0.129 e. The van der Waals surface area contributed by atoms with Gasteiger partial charge in [0.05, 0.1) is 0 Å². The van der Waals surface area contributed by atoms with E-state index in [-0.39, 0.29) is 5.54 Å². The SMILES string of the molecule is C#CCON1CC(C)(CC)NCC1C. The molecular formula is C11H20N2O. The third-order valence-electron chi connectivity index (χ3n) is 2.91. The average Bonchev–Trinajstić information content (AvgIpc) is 2.20. The Morgan fingerprint density at radius 2 is 2.43 bits per heavy atom. The molecule has 2 atom stereocenters. The minimum Gasteiger partial charge on any atom is -0.309 e. The summed E-state index contributed by atoms with van der Waals surface area (Å²) in [5.41, 5.74) is 0.154. The van der Waals surface area contributed by atoms with Gasteiger partial charge in [-0.1, -0.05) is 12.8 Å². The molecule has 14 heavy (non-hydrogen) atoms. The van der Waals surface area contributed by atoms with Crippen molar-refractivity contribution in [3.05, 3.63) is 0 Å². The molecule has 0 aromatic rings. The summed E-state index contributed by atoms with van der Waals surface area (Å²) in [6.45, 7) is 8.75. The maximum absolute atomic E-state index is 5.50. The van der Waals surface area contributed by atoms with Crippen LogP contribution in [0.3, 0.4) is 0 Å². The molecule has 1 aliphatic heterocycles. The highest BCUT2D eigenvalue weighted by atomic mass is 16.7. The average molecular weight is 196 g/mol. The summed E-state index contributed by atoms with van der Waals surface area (Å²) < 4.78 is 0. The molecule has 1 aliphatic rings. The lowest BCUT2D eigenvalue weighted by molar-refractivity contribution is -0.195. The first-order valence-corrected chi connectivity index (χ1v) is 5.19. The van der Waals surface area contributed by atoms with E-state index in [9.17, 15) is 0 Å². The number of nitrogens with one attached hydrogen (secondary N) is 1. The van der Waals surface area contributed by atoms with Crippen LogP contribution in [0.5, 0.6) is 0 Å². The molecule has 1 rings (SSSR count). The summed E-state index contributed by atoms with van der Waals surface area (Å²) in [5, 5.41) is 5.53. The Morgan fingerprint density at radius 1 is 1.71 bits per heavy atom. The highest BCUT2D eigenvalue weighted by Crippen LogP contribution is 2.18. The van der Waals surface area contributed by atoms with Crippen molar-refractivity contribution in [2.45, 2.75) is 38.8 Å². The number of hydroxylamine groups is 2. The predicted octanol–water partition coefficient (Wildman–Crippen LogP) is 1.01. The number of hydrogen-bond acceptors (Lipinski definition) is 3. The number of piperazine rings is 1. The quantitative estimate of drug-likeness (QED) is 0.682. The van der Waals surface area contributed by atoms with Crippen LogP contribution in [0.4, 0.5) is 0 Å². The number of terminal acetylenes is 1. The Morgan fingerprint density at radius 3 is 3.00 bits per heavy atom. The van der Waals surface area contributed by atoms with Crippen molar-refractivity contribution < 1.29 is 4.84 Å². The van der Waals surface area contributed by atoms with Crippen molar-refractivity contribution in [1.29, 1.82) is 0 Å². The Bertz CT molecular complexity index is 224. The monoisotopic (exact) mass is 196 g/mol. The van der Waals surface area contributed by atoms with Crippen molar-refractivity contribution in [3.8, 4) is 12.3 Å². The Hall–Kier alpha value is -0.560. The number of rotatable bonds is 3. The summed E-state index contributed by atoms with van der Waals surface area (Å²) in [6.07, 6.45) is 6.27. The molecule has 0 saturated carbocycles. The van der Waals surface area contributed by atoms with Crippen LogP contribution < -0.4 is 5.32 Å². The highest BCUT2D eigenvalue weighted by molar-refractivity contribution is 4.91. The van der Waals surface area contributed by atoms with Crippen LogP contribution in [0.25, 0.3) is 0 Å². The van der Waals surface area contributed by atoms with Gasteiger partial charge in [-0.05, 0) is 20.3 Å². The van der Waals surface area contributed by atoms with Gasteiger partial charge in [0.25, 0.3) is 0 Å². The molecule has 2 unspecified atom stereocenters. The lowest BCUT2D eigenvalue weighted by Gasteiger charge is -2.43. The standard InChI is InChI=1S/C11H20N2O/c1-5-7-14-13-9-11(4,6-2)12-8-10(13)3/h1,10,12H,6-9H2,2-4H3. The topological polar surface area (TPSA) is 24.5 Å². The van der Waals surface area contributed by atoms with E-state index in [4.69, 9.17) is 11.3 Å². The molecule has 0 bridgehead atoms. The Labute approximate surface area is 86.8 Å². The van der Waals surface area contributed by atoms with Crippen LogP contribution in [0.1, 0.15) is 27.2 Å². The maximum atomic E-state index is 5.50. The second-order valence-electron chi connectivity index (χ2n) is 4.20. The van der Waals surface area contributed by atoms with E-state index >= 15 is 0 Å². The van der Waals surface area contributed by atoms with Crippen LogP contribution >= 0.6 is 0 Å². The van der Waals surface area contributed by atoms with Crippen molar-refractivity contribution in [2.24, 2.45) is 0 Å². The summed E-state index contributed by atoms with van der Waals surface area (Å²) in [6, 6.07) is 0.392. The predicted molar refractivity (Wildman–Crippen MR) is 57.7 cm³/mol. The summed E-state index contributed by atoms with van der Waals surface area (Å²) in [4.78, 5) is 5.50. The molecule has 0 aromatic heterocycles. The minimum absolute atomic E-state index is 0.154. The molecule has 1 saturated heterocycles. The fourth-order valence-electron chi connectivity index (χ4n) is 1.58. The fourth-order valence-corrected chi connectivity index (χ4v) is 1.58. The number of hydrogen-bond donors (Lipinski definition) is 1. The van der Waals surface area contributed by atoms with Crippen LogP contribution in [0.2, 0.25) is 0 Å². The van der Waals surface area contributed by atoms with Gasteiger partial charge in [-0.3, -0.25) is 4.84 Å². The molecule has 0 radical (unpaired) electrons. The van der Waals surface area contributed by atoms with Gasteiger partial charge in [-0.25, -0.2) is 0 Å². The summed E-state index contributed by atoms with van der Waals surface area (Å²) in [7, 11) is 0. The zero-order valence-corrected chi connectivity index (χ0v) is 9.34. The van der Waals surface area contributed by atoms with Crippen molar-refractivity contribution >= 4 is 0 Å². The van der Waals surface area contributed by atoms with E-state index in [1.807, 2.05) is 5.06 Å². The molecule has 1 N–H and O–H groups in total. The van der Waals surface area contributed by atoms with Crippen LogP contribution in [0, 0.1) is 12.3 Å². The van der Waals surface area contributed by atoms with Crippen molar-refractivity contribution in [1.82, 2.24) is 10.4 Å². The second-order valence-corrected chi connectivity index (χ2v) is 4.20. The molecule has 1 heterocycles. The second kappa shape index (κ2) is 4.79. The first-order chi connectivity index (χ1) is 6.61. The van der Waals surface area contributed by atoms with E-state index in [2.05, 4.69) is 32.0 Å². The lowest BCUT2D eigenvalue weighted by Crippen LogP contribution is -2.61. The van der Waals surface area contributed by atoms with Crippen molar-refractivity contribution in [2.75, 3.05) is 19.7 Å². The van der Waals surface area contributed by atoms with E-state index < -0.39 is 0 Å². The normalized spacial score (nSPS) is 34.0. The lowest BCUT2D eigenvalue weighted by atomic mass is 9.95. The molecule has 1 fully saturated rings. The van der Waals surface area contributed by atoms with E-state index in [0.717, 1.165) is 19.5 Å². The first-order valence-electron chi connectivity index (χ1n) is 5.19. The van der Waals surface area contributed by atoms with Gasteiger partial charge in [0, 0.05) is 24.7 Å². The van der Waals surface area contributed by atoms with Gasteiger partial charge in [-0.15, -0.1) is 6.42 Å². The number of nitrogens with zero attached hydrogens (tertiary/aromatic N) is 1. The molecule has 80 valence electrons. The van der Waals surface area contributed by atoms with E-state index in [1.54, 1.807) is 0 Å². The van der Waals surface area contributed by atoms with Crippen molar-refractivity contribution in [3.63, 3.8) is 0 Å². The van der Waals surface area contributed by atoms with Gasteiger partial charge in [0.2, 0.25) is 0 Å². The molecule has 3 nitrogen and oxygen atoms in total. The molecule has 0 aliphatic carbocycles. The fraction of sp³-hybridized carbons (Fsp3) is 0.818. The third-order valence-corrected chi connectivity index (χ3v) is 2.91. The van der Waals surface area contributed by atoms with Gasteiger partial charge in [0.1, 0.15) is 6.61 Å². The van der Waals surface area contributed by atoms with Crippen LogP contribution in [-0.2, 0) is 4.84 Å². The zero-order valence-electron chi connectivity index (χ0n) is 9.34. The van der Waals surface area contributed by atoms with E-state index in [0.29, 0.717) is 12.6 Å². The highest BCUT2D eigenvalue weighted by Gasteiger charge is 2.33. The van der Waals surface area contributed by atoms with Gasteiger partial charge < -0.3 is 5.32 Å². The largest absolute Gasteiger partial charge is 0.309 e. The first kappa shape index (κ1) is 11.5. The third kappa shape index (κ3) is 2.71. The summed E-state index contributed by atoms with van der Waals surface area (Å²) >= 11 is 0. The van der Waals surface area contributed by atoms with E-state index in [1.165, 1.54) is 0 Å². The van der Waals surface area contributed by atoms with Gasteiger partial charge >= 0.3 is 0 Å². The zero-order chi connectivity index (χ0) is 10.6. The molecule has 0 spiro atoms. The Balaban J connectivity index is 2.51. The minimum atomic E-state index is 0.154.